The molecule has 0 unspecified atom stereocenters. The summed E-state index contributed by atoms with van der Waals surface area (Å²) in [5.41, 5.74) is 3.29. The average Bonchev–Trinajstić information content (AvgIpc) is 3.11. The highest BCUT2D eigenvalue weighted by molar-refractivity contribution is 8.01. The van der Waals surface area contributed by atoms with Gasteiger partial charge in [-0.15, -0.1) is 11.8 Å². The van der Waals surface area contributed by atoms with E-state index in [0.29, 0.717) is 31.3 Å². The number of carboxylic acid groups (broad SMARTS) is 1. The summed E-state index contributed by atoms with van der Waals surface area (Å²) < 4.78 is 11.7. The van der Waals surface area contributed by atoms with Gasteiger partial charge < -0.3 is 14.6 Å². The predicted octanol–water partition coefficient (Wildman–Crippen LogP) is 3.76. The van der Waals surface area contributed by atoms with Gasteiger partial charge in [0.2, 0.25) is 0 Å². The maximum Gasteiger partial charge on any atom is 0.318 e. The average molecular weight is 373 g/mol. The summed E-state index contributed by atoms with van der Waals surface area (Å²) in [4.78, 5) is 11.1. The fourth-order valence-electron chi connectivity index (χ4n) is 2.85. The van der Waals surface area contributed by atoms with Gasteiger partial charge >= 0.3 is 5.97 Å². The molecule has 3 rings (SSSR count). The van der Waals surface area contributed by atoms with E-state index >= 15 is 0 Å². The van der Waals surface area contributed by atoms with Gasteiger partial charge in [0.1, 0.15) is 11.9 Å². The minimum Gasteiger partial charge on any atom is -0.490 e. The summed E-state index contributed by atoms with van der Waals surface area (Å²) in [6, 6.07) is 14.0. The van der Waals surface area contributed by atoms with E-state index in [1.165, 1.54) is 17.3 Å². The lowest BCUT2D eigenvalue weighted by molar-refractivity contribution is -0.136. The van der Waals surface area contributed by atoms with Crippen molar-refractivity contribution in [3.63, 3.8) is 0 Å². The number of thioether (sulfide) groups is 1. The smallest absolute Gasteiger partial charge is 0.318 e. The molecule has 1 heterocycles. The molecule has 0 bridgehead atoms. The molecule has 0 saturated carbocycles. The number of rotatable bonds is 7. The number of aryl methyl sites for hydroxylation is 1. The van der Waals surface area contributed by atoms with E-state index in [1.54, 1.807) is 0 Å². The maximum absolute atomic E-state index is 11.1. The highest BCUT2D eigenvalue weighted by Gasteiger charge is 2.31. The quantitative estimate of drug-likeness (QED) is 0.770. The third-order valence-corrected chi connectivity index (χ3v) is 5.52. The molecule has 1 aliphatic heterocycles. The summed E-state index contributed by atoms with van der Waals surface area (Å²) in [5.74, 6) is 0.585. The van der Waals surface area contributed by atoms with Crippen molar-refractivity contribution in [3.05, 3.63) is 59.2 Å². The van der Waals surface area contributed by atoms with E-state index in [2.05, 4.69) is 24.4 Å². The lowest BCUT2D eigenvalue weighted by atomic mass is 10.1. The van der Waals surface area contributed by atoms with Gasteiger partial charge in [0.05, 0.1) is 12.0 Å². The first-order chi connectivity index (χ1) is 12.6. The van der Waals surface area contributed by atoms with Crippen molar-refractivity contribution < 1.29 is 19.4 Å². The van der Waals surface area contributed by atoms with Gasteiger partial charge in [-0.3, -0.25) is 10.1 Å². The molecule has 138 valence electrons. The van der Waals surface area contributed by atoms with Gasteiger partial charge in [0, 0.05) is 6.54 Å². The zero-order valence-electron chi connectivity index (χ0n) is 14.9. The van der Waals surface area contributed by atoms with Crippen LogP contribution in [0, 0.1) is 6.92 Å². The van der Waals surface area contributed by atoms with Crippen molar-refractivity contribution in [1.29, 1.82) is 0 Å². The molecular weight excluding hydrogens is 350 g/mol. The number of hydrogen-bond donors (Lipinski definition) is 2. The fourth-order valence-corrected chi connectivity index (χ4v) is 3.99. The molecule has 0 aliphatic carbocycles. The molecule has 2 aromatic rings. The van der Waals surface area contributed by atoms with Gasteiger partial charge in [-0.1, -0.05) is 35.9 Å². The summed E-state index contributed by atoms with van der Waals surface area (Å²) in [6.45, 7) is 5.45. The molecule has 5 nitrogen and oxygen atoms in total. The molecule has 2 aromatic carbocycles. The van der Waals surface area contributed by atoms with Crippen molar-refractivity contribution in [2.45, 2.75) is 31.1 Å². The van der Waals surface area contributed by atoms with Crippen LogP contribution in [0.1, 0.15) is 29.0 Å². The molecule has 2 N–H and O–H groups in total. The van der Waals surface area contributed by atoms with Crippen LogP contribution >= 0.6 is 11.8 Å². The Labute approximate surface area is 157 Å². The van der Waals surface area contributed by atoms with Crippen molar-refractivity contribution in [3.8, 4) is 11.5 Å². The number of nitrogens with one attached hydrogen (secondary N) is 1. The minimum atomic E-state index is -0.784. The summed E-state index contributed by atoms with van der Waals surface area (Å²) in [6.07, 6.45) is 0. The van der Waals surface area contributed by atoms with Gasteiger partial charge in [0.15, 0.2) is 11.5 Å². The first kappa shape index (κ1) is 18.6. The molecule has 2 atom stereocenters. The number of carbonyl (C=O) groups is 1. The van der Waals surface area contributed by atoms with Crippen molar-refractivity contribution >= 4 is 17.7 Å². The van der Waals surface area contributed by atoms with Crippen molar-refractivity contribution in [1.82, 2.24) is 5.32 Å². The number of benzene rings is 2. The standard InChI is InChI=1S/C20H23NO4S/c1-3-24-17-10-15(19-21-11-18(26-19)20(22)23)7-8-16(17)25-12-14-6-4-5-13(2)9-14/h4-10,18-19,21H,3,11-12H2,1-2H3,(H,22,23)/t18-,19+/m1/s1. The van der Waals surface area contributed by atoms with Crippen LogP contribution in [0.4, 0.5) is 0 Å². The monoisotopic (exact) mass is 373 g/mol. The Hall–Kier alpha value is -2.18. The van der Waals surface area contributed by atoms with Crippen LogP contribution in [-0.2, 0) is 11.4 Å². The van der Waals surface area contributed by atoms with Crippen LogP contribution in [0.25, 0.3) is 0 Å². The largest absolute Gasteiger partial charge is 0.490 e. The second-order valence-corrected chi connectivity index (χ2v) is 7.48. The van der Waals surface area contributed by atoms with Gasteiger partial charge in [0.25, 0.3) is 0 Å². The zero-order valence-corrected chi connectivity index (χ0v) is 15.7. The Bertz CT molecular complexity index is 780. The molecule has 26 heavy (non-hydrogen) atoms. The Morgan fingerprint density at radius 1 is 1.23 bits per heavy atom. The third kappa shape index (κ3) is 4.51. The summed E-state index contributed by atoms with van der Waals surface area (Å²) >= 11 is 1.41. The highest BCUT2D eigenvalue weighted by Crippen LogP contribution is 2.39. The molecule has 0 radical (unpaired) electrons. The second-order valence-electron chi connectivity index (χ2n) is 6.17. The molecule has 6 heteroatoms. The Balaban J connectivity index is 1.73. The van der Waals surface area contributed by atoms with E-state index < -0.39 is 11.2 Å². The van der Waals surface area contributed by atoms with E-state index in [-0.39, 0.29) is 5.37 Å². The molecular formula is C20H23NO4S. The molecule has 1 saturated heterocycles. The van der Waals surface area contributed by atoms with Gasteiger partial charge in [-0.2, -0.15) is 0 Å². The maximum atomic E-state index is 11.1. The van der Waals surface area contributed by atoms with E-state index in [1.807, 2.05) is 37.3 Å². The lowest BCUT2D eigenvalue weighted by Crippen LogP contribution is -2.21. The first-order valence-electron chi connectivity index (χ1n) is 8.63. The van der Waals surface area contributed by atoms with Crippen LogP contribution in [0.5, 0.6) is 11.5 Å². The number of aliphatic carboxylic acids is 1. The Morgan fingerprint density at radius 3 is 2.77 bits per heavy atom. The Morgan fingerprint density at radius 2 is 2.08 bits per heavy atom. The fraction of sp³-hybridized carbons (Fsp3) is 0.350. The minimum absolute atomic E-state index is 0.0545. The topological polar surface area (TPSA) is 67.8 Å². The molecule has 0 spiro atoms. The van der Waals surface area contributed by atoms with Gasteiger partial charge in [-0.05, 0) is 37.1 Å². The van der Waals surface area contributed by atoms with E-state index in [0.717, 1.165) is 11.1 Å². The van der Waals surface area contributed by atoms with Gasteiger partial charge in [-0.25, -0.2) is 0 Å². The van der Waals surface area contributed by atoms with Crippen LogP contribution < -0.4 is 14.8 Å². The third-order valence-electron chi connectivity index (χ3n) is 4.11. The van der Waals surface area contributed by atoms with Crippen LogP contribution in [0.15, 0.2) is 42.5 Å². The molecule has 1 fully saturated rings. The summed E-state index contributed by atoms with van der Waals surface area (Å²) in [5, 5.41) is 11.9. The summed E-state index contributed by atoms with van der Waals surface area (Å²) in [7, 11) is 0. The number of ether oxygens (including phenoxy) is 2. The SMILES string of the molecule is CCOc1cc([C@H]2NC[C@H](C(=O)O)S2)ccc1OCc1cccc(C)c1. The molecule has 0 aromatic heterocycles. The van der Waals surface area contributed by atoms with Crippen LogP contribution in [0.3, 0.4) is 0 Å². The predicted molar refractivity (Wildman–Crippen MR) is 103 cm³/mol. The van der Waals surface area contributed by atoms with Crippen LogP contribution in [0.2, 0.25) is 0 Å². The first-order valence-corrected chi connectivity index (χ1v) is 9.58. The number of carboxylic acids is 1. The number of hydrogen-bond acceptors (Lipinski definition) is 5. The molecule has 0 amide bonds. The lowest BCUT2D eigenvalue weighted by Gasteiger charge is -2.16. The van der Waals surface area contributed by atoms with E-state index in [4.69, 9.17) is 14.6 Å². The van der Waals surface area contributed by atoms with E-state index in [9.17, 15) is 4.79 Å². The zero-order chi connectivity index (χ0) is 18.5. The normalized spacial score (nSPS) is 19.3. The molecule has 1 aliphatic rings. The van der Waals surface area contributed by atoms with Crippen molar-refractivity contribution in [2.24, 2.45) is 0 Å². The van der Waals surface area contributed by atoms with Crippen LogP contribution in [-0.4, -0.2) is 29.5 Å². The highest BCUT2D eigenvalue weighted by atomic mass is 32.2. The second kappa shape index (κ2) is 8.47. The Kier molecular flexibility index (Phi) is 6.06. The van der Waals surface area contributed by atoms with Crippen molar-refractivity contribution in [2.75, 3.05) is 13.2 Å².